The van der Waals surface area contributed by atoms with E-state index in [9.17, 15) is 14.9 Å². The van der Waals surface area contributed by atoms with E-state index in [0.29, 0.717) is 9.16 Å². The number of nitrogens with zero attached hydrogens (tertiary/aromatic N) is 2. The molecule has 0 aliphatic heterocycles. The van der Waals surface area contributed by atoms with Crippen molar-refractivity contribution < 1.29 is 14.3 Å². The van der Waals surface area contributed by atoms with Gasteiger partial charge in [-0.05, 0) is 6.07 Å². The Balaban J connectivity index is 2.71. The van der Waals surface area contributed by atoms with Gasteiger partial charge < -0.3 is 15.0 Å². The van der Waals surface area contributed by atoms with Crippen LogP contribution in [0.15, 0.2) is 24.3 Å². The van der Waals surface area contributed by atoms with E-state index < -0.39 is 5.97 Å². The zero-order valence-electron chi connectivity index (χ0n) is 9.88. The van der Waals surface area contributed by atoms with Crippen LogP contribution in [0.2, 0.25) is 0 Å². The lowest BCUT2D eigenvalue weighted by Gasteiger charge is -2.17. The second kappa shape index (κ2) is 5.40. The molecule has 1 N–H and O–H groups in total. The molecule has 0 atom stereocenters. The largest absolute Gasteiger partial charge is 0.805 e. The fourth-order valence-electron chi connectivity index (χ4n) is 1.94. The van der Waals surface area contributed by atoms with Crippen LogP contribution in [-0.4, -0.2) is 15.8 Å². The highest BCUT2D eigenvalue weighted by Crippen LogP contribution is 2.17. The Morgan fingerprint density at radius 1 is 1.42 bits per heavy atom. The minimum absolute atomic E-state index is 0.0207. The van der Waals surface area contributed by atoms with Crippen molar-refractivity contribution in [1.29, 1.82) is 0 Å². The number of aromatic nitrogens is 2. The van der Waals surface area contributed by atoms with Crippen molar-refractivity contribution in [3.05, 3.63) is 45.8 Å². The maximum absolute atomic E-state index is 12.2. The normalized spacial score (nSPS) is 10.8. The van der Waals surface area contributed by atoms with Crippen LogP contribution >= 0.6 is 15.9 Å². The Morgan fingerprint density at radius 2 is 2.11 bits per heavy atom. The van der Waals surface area contributed by atoms with Gasteiger partial charge >= 0.3 is 5.97 Å². The predicted molar refractivity (Wildman–Crippen MR) is 72.7 cm³/mol. The molecule has 0 radical (unpaired) electrons. The number of fused-ring (bicyclic) bond motifs is 1. The van der Waals surface area contributed by atoms with Crippen LogP contribution in [0.25, 0.3) is 11.0 Å². The van der Waals surface area contributed by atoms with Crippen LogP contribution in [0.5, 0.6) is 0 Å². The first-order chi connectivity index (χ1) is 9.06. The van der Waals surface area contributed by atoms with E-state index in [4.69, 9.17) is 5.11 Å². The van der Waals surface area contributed by atoms with Gasteiger partial charge in [-0.15, -0.1) is 0 Å². The van der Waals surface area contributed by atoms with Gasteiger partial charge in [0.2, 0.25) is 0 Å². The van der Waals surface area contributed by atoms with Crippen LogP contribution in [-0.2, 0) is 16.5 Å². The van der Waals surface area contributed by atoms with Gasteiger partial charge in [0.15, 0.2) is 0 Å². The minimum Gasteiger partial charge on any atom is -0.805 e. The fraction of sp³-hybridized carbons (Fsp3) is 0.250. The number of carboxylic acids is 1. The van der Waals surface area contributed by atoms with Crippen molar-refractivity contribution in [3.8, 4) is 0 Å². The predicted octanol–water partition coefficient (Wildman–Crippen LogP) is 1.81. The highest BCUT2D eigenvalue weighted by molar-refractivity contribution is 9.08. The molecule has 6 nitrogen and oxygen atoms in total. The third-order valence-electron chi connectivity index (χ3n) is 2.84. The first-order valence-electron chi connectivity index (χ1n) is 5.59. The zero-order chi connectivity index (χ0) is 14.0. The van der Waals surface area contributed by atoms with Gasteiger partial charge in [-0.3, -0.25) is 4.79 Å². The van der Waals surface area contributed by atoms with Gasteiger partial charge in [0.25, 0.3) is 11.2 Å². The SMILES string of the molecule is O=C(O)CCc1c(CBr)n([O-])c2ccccc2[n+]1=O. The summed E-state index contributed by atoms with van der Waals surface area (Å²) >= 11 is 3.17. The lowest BCUT2D eigenvalue weighted by Crippen LogP contribution is -2.28. The molecular formula is C12H11BrN2O4. The molecule has 1 heterocycles. The van der Waals surface area contributed by atoms with E-state index in [1.54, 1.807) is 24.3 Å². The van der Waals surface area contributed by atoms with Crippen LogP contribution in [0.1, 0.15) is 17.8 Å². The van der Waals surface area contributed by atoms with Crippen molar-refractivity contribution in [2.75, 3.05) is 0 Å². The maximum Gasteiger partial charge on any atom is 0.303 e. The minimum atomic E-state index is -1.01. The lowest BCUT2D eigenvalue weighted by atomic mass is 10.2. The molecule has 0 aliphatic rings. The summed E-state index contributed by atoms with van der Waals surface area (Å²) in [6.45, 7) is 0. The molecule has 0 saturated carbocycles. The van der Waals surface area contributed by atoms with Gasteiger partial charge in [0.1, 0.15) is 5.52 Å². The molecule has 0 spiro atoms. The number of carbonyl (C=O) groups is 1. The lowest BCUT2D eigenvalue weighted by molar-refractivity contribution is -0.476. The molecule has 0 unspecified atom stereocenters. The third kappa shape index (κ3) is 2.46. The number of alkyl halides is 1. The summed E-state index contributed by atoms with van der Waals surface area (Å²) in [5.41, 5.74) is 0.941. The standard InChI is InChI=1S/C12H11BrN2O4/c13-7-11-10(5-6-12(16)17)14(18)8-3-1-2-4-9(8)15(11)19/h1-4H,5-7H2,(H,16,17). The molecule has 1 aromatic carbocycles. The summed E-state index contributed by atoms with van der Waals surface area (Å²) in [5.74, 6) is -1.01. The molecule has 100 valence electrons. The Morgan fingerprint density at radius 3 is 2.74 bits per heavy atom. The molecular weight excluding hydrogens is 316 g/mol. The van der Waals surface area contributed by atoms with E-state index in [1.165, 1.54) is 0 Å². The topological polar surface area (TPSA) is 88.3 Å². The molecule has 0 fully saturated rings. The zero-order valence-corrected chi connectivity index (χ0v) is 11.5. The average molecular weight is 327 g/mol. The van der Waals surface area contributed by atoms with Crippen LogP contribution in [0, 0.1) is 10.1 Å². The monoisotopic (exact) mass is 326 g/mol. The molecule has 0 bridgehead atoms. The number of halogens is 1. The summed E-state index contributed by atoms with van der Waals surface area (Å²) in [6.07, 6.45) is -0.173. The first-order valence-corrected chi connectivity index (χ1v) is 6.71. The Bertz CT molecular complexity index is 696. The smallest absolute Gasteiger partial charge is 0.303 e. The number of carboxylic acid groups (broad SMARTS) is 1. The van der Waals surface area contributed by atoms with Gasteiger partial charge in [-0.2, -0.15) is 0 Å². The van der Waals surface area contributed by atoms with E-state index in [0.717, 1.165) is 0 Å². The van der Waals surface area contributed by atoms with Gasteiger partial charge in [-0.25, -0.2) is 0 Å². The van der Waals surface area contributed by atoms with E-state index in [2.05, 4.69) is 15.9 Å². The number of hydrogen-bond donors (Lipinski definition) is 1. The van der Waals surface area contributed by atoms with Crippen LogP contribution in [0.4, 0.5) is 0 Å². The number of para-hydroxylation sites is 2. The molecule has 0 saturated heterocycles. The molecule has 2 aromatic rings. The van der Waals surface area contributed by atoms with Crippen LogP contribution < -0.4 is 4.43 Å². The molecule has 0 amide bonds. The van der Waals surface area contributed by atoms with Crippen molar-refractivity contribution in [3.63, 3.8) is 0 Å². The van der Waals surface area contributed by atoms with Gasteiger partial charge in [-0.1, -0.05) is 28.1 Å². The van der Waals surface area contributed by atoms with Crippen molar-refractivity contribution in [1.82, 2.24) is 4.73 Å². The second-order valence-corrected chi connectivity index (χ2v) is 4.56. The summed E-state index contributed by atoms with van der Waals surface area (Å²) in [7, 11) is 0. The number of aliphatic carboxylic acids is 1. The highest BCUT2D eigenvalue weighted by Gasteiger charge is 2.21. The summed E-state index contributed by atoms with van der Waals surface area (Å²) in [5, 5.41) is 21.1. The number of benzene rings is 1. The van der Waals surface area contributed by atoms with Crippen molar-refractivity contribution in [2.24, 2.45) is 0 Å². The summed E-state index contributed by atoms with van der Waals surface area (Å²) in [6, 6.07) is 6.43. The second-order valence-electron chi connectivity index (χ2n) is 4.00. The van der Waals surface area contributed by atoms with Crippen molar-refractivity contribution in [2.45, 2.75) is 18.2 Å². The highest BCUT2D eigenvalue weighted by atomic mass is 79.9. The average Bonchev–Trinajstić information content (AvgIpc) is 2.41. The number of rotatable bonds is 4. The third-order valence-corrected chi connectivity index (χ3v) is 3.38. The molecule has 2 rings (SSSR count). The number of hydrogen-bond acceptors (Lipinski definition) is 3. The fourth-order valence-corrected chi connectivity index (χ4v) is 2.49. The quantitative estimate of drug-likeness (QED) is 0.685. The van der Waals surface area contributed by atoms with Gasteiger partial charge in [0, 0.05) is 22.7 Å². The molecule has 19 heavy (non-hydrogen) atoms. The van der Waals surface area contributed by atoms with Gasteiger partial charge in [0.05, 0.1) is 16.5 Å². The van der Waals surface area contributed by atoms with E-state index in [1.807, 2.05) is 0 Å². The van der Waals surface area contributed by atoms with E-state index >= 15 is 0 Å². The first kappa shape index (κ1) is 13.5. The Hall–Kier alpha value is -1.89. The van der Waals surface area contributed by atoms with Crippen LogP contribution in [0.3, 0.4) is 0 Å². The molecule has 1 aromatic heterocycles. The Kier molecular flexibility index (Phi) is 3.84. The Labute approximate surface area is 116 Å². The maximum atomic E-state index is 12.2. The molecule has 7 heteroatoms. The van der Waals surface area contributed by atoms with Crippen molar-refractivity contribution >= 4 is 32.9 Å². The van der Waals surface area contributed by atoms with E-state index in [-0.39, 0.29) is 40.6 Å². The summed E-state index contributed by atoms with van der Waals surface area (Å²) < 4.78 is 1.32. The molecule has 0 aliphatic carbocycles. The summed E-state index contributed by atoms with van der Waals surface area (Å²) in [4.78, 5) is 22.8.